The Morgan fingerprint density at radius 1 is 1.09 bits per heavy atom. The summed E-state index contributed by atoms with van der Waals surface area (Å²) in [4.78, 5) is 0.257. The van der Waals surface area contributed by atoms with Crippen LogP contribution >= 0.6 is 11.6 Å². The summed E-state index contributed by atoms with van der Waals surface area (Å²) in [7, 11) is -3.60. The van der Waals surface area contributed by atoms with Gasteiger partial charge in [0.05, 0.1) is 10.6 Å². The van der Waals surface area contributed by atoms with E-state index in [1.807, 2.05) is 19.1 Å². The molecule has 0 bridgehead atoms. The van der Waals surface area contributed by atoms with E-state index in [0.717, 1.165) is 30.4 Å². The molecule has 0 unspecified atom stereocenters. The van der Waals surface area contributed by atoms with Crippen LogP contribution in [0.25, 0.3) is 0 Å². The van der Waals surface area contributed by atoms with Crippen LogP contribution in [0.1, 0.15) is 30.9 Å². The maximum Gasteiger partial charge on any atom is 0.261 e. The van der Waals surface area contributed by atoms with E-state index < -0.39 is 10.0 Å². The molecule has 0 radical (unpaired) electrons. The summed E-state index contributed by atoms with van der Waals surface area (Å²) < 4.78 is 27.5. The Kier molecular flexibility index (Phi) is 5.48. The third-order valence-electron chi connectivity index (χ3n) is 3.50. The first kappa shape index (κ1) is 16.8. The number of hydrogen-bond acceptors (Lipinski definition) is 2. The minimum absolute atomic E-state index is 0.257. The maximum absolute atomic E-state index is 12.4. The van der Waals surface area contributed by atoms with Crippen LogP contribution in [0.15, 0.2) is 47.4 Å². The highest BCUT2D eigenvalue weighted by molar-refractivity contribution is 7.92. The van der Waals surface area contributed by atoms with E-state index in [4.69, 9.17) is 11.6 Å². The van der Waals surface area contributed by atoms with Gasteiger partial charge in [-0.05, 0) is 55.2 Å². The lowest BCUT2D eigenvalue weighted by Gasteiger charge is -2.11. The van der Waals surface area contributed by atoms with Crippen molar-refractivity contribution in [3.63, 3.8) is 0 Å². The van der Waals surface area contributed by atoms with Gasteiger partial charge in [-0.2, -0.15) is 0 Å². The quantitative estimate of drug-likeness (QED) is 0.823. The summed E-state index contributed by atoms with van der Waals surface area (Å²) >= 11 is 5.93. The van der Waals surface area contributed by atoms with Crippen molar-refractivity contribution < 1.29 is 8.42 Å². The minimum Gasteiger partial charge on any atom is -0.279 e. The van der Waals surface area contributed by atoms with Crippen LogP contribution in [0.3, 0.4) is 0 Å². The molecule has 0 spiro atoms. The molecule has 22 heavy (non-hydrogen) atoms. The highest BCUT2D eigenvalue weighted by Gasteiger charge is 2.15. The van der Waals surface area contributed by atoms with Gasteiger partial charge >= 0.3 is 0 Å². The van der Waals surface area contributed by atoms with Crippen LogP contribution in [-0.2, 0) is 16.4 Å². The van der Waals surface area contributed by atoms with Gasteiger partial charge in [-0.3, -0.25) is 4.72 Å². The number of unbranched alkanes of at least 4 members (excludes halogenated alkanes) is 1. The zero-order valence-electron chi connectivity index (χ0n) is 12.8. The standard InChI is InChI=1S/C17H20ClNO2S/c1-3-4-5-14-7-10-16(11-8-14)22(20,21)19-17-12-15(18)9-6-13(17)2/h6-12,19H,3-5H2,1-2H3. The van der Waals surface area contributed by atoms with Crippen molar-refractivity contribution in [1.29, 1.82) is 0 Å². The van der Waals surface area contributed by atoms with Gasteiger partial charge in [0.15, 0.2) is 0 Å². The first-order valence-electron chi connectivity index (χ1n) is 7.30. The number of sulfonamides is 1. The van der Waals surface area contributed by atoms with E-state index >= 15 is 0 Å². The second-order valence-corrected chi connectivity index (χ2v) is 7.43. The predicted molar refractivity (Wildman–Crippen MR) is 92.1 cm³/mol. The van der Waals surface area contributed by atoms with Gasteiger partial charge in [-0.1, -0.05) is 43.1 Å². The van der Waals surface area contributed by atoms with Crippen LogP contribution in [0.2, 0.25) is 5.02 Å². The molecule has 0 heterocycles. The SMILES string of the molecule is CCCCc1ccc(S(=O)(=O)Nc2cc(Cl)ccc2C)cc1. The molecule has 1 N–H and O–H groups in total. The largest absolute Gasteiger partial charge is 0.279 e. The number of hydrogen-bond donors (Lipinski definition) is 1. The van der Waals surface area contributed by atoms with Gasteiger partial charge < -0.3 is 0 Å². The first-order valence-corrected chi connectivity index (χ1v) is 9.16. The number of aryl methyl sites for hydroxylation is 2. The van der Waals surface area contributed by atoms with Crippen LogP contribution in [-0.4, -0.2) is 8.42 Å². The van der Waals surface area contributed by atoms with Crippen LogP contribution in [0.5, 0.6) is 0 Å². The van der Waals surface area contributed by atoms with E-state index in [9.17, 15) is 8.42 Å². The third-order valence-corrected chi connectivity index (χ3v) is 5.11. The number of benzene rings is 2. The molecule has 0 saturated carbocycles. The van der Waals surface area contributed by atoms with Gasteiger partial charge in [0.2, 0.25) is 0 Å². The molecule has 0 saturated heterocycles. The van der Waals surface area contributed by atoms with E-state index in [1.54, 1.807) is 30.3 Å². The van der Waals surface area contributed by atoms with Crippen molar-refractivity contribution in [2.75, 3.05) is 4.72 Å². The molecule has 2 rings (SSSR count). The fraction of sp³-hybridized carbons (Fsp3) is 0.294. The van der Waals surface area contributed by atoms with E-state index in [-0.39, 0.29) is 4.90 Å². The van der Waals surface area contributed by atoms with Crippen molar-refractivity contribution >= 4 is 27.3 Å². The molecular weight excluding hydrogens is 318 g/mol. The molecule has 118 valence electrons. The van der Waals surface area contributed by atoms with Crippen LogP contribution in [0.4, 0.5) is 5.69 Å². The fourth-order valence-corrected chi connectivity index (χ4v) is 3.42. The topological polar surface area (TPSA) is 46.2 Å². The van der Waals surface area contributed by atoms with Crippen LogP contribution in [0, 0.1) is 6.92 Å². The summed E-state index contributed by atoms with van der Waals surface area (Å²) in [5, 5.41) is 0.498. The number of anilines is 1. The van der Waals surface area contributed by atoms with E-state index in [0.29, 0.717) is 10.7 Å². The first-order chi connectivity index (χ1) is 10.4. The smallest absolute Gasteiger partial charge is 0.261 e. The average molecular weight is 338 g/mol. The van der Waals surface area contributed by atoms with Crippen LogP contribution < -0.4 is 4.72 Å². The fourth-order valence-electron chi connectivity index (χ4n) is 2.12. The molecule has 0 aliphatic carbocycles. The van der Waals surface area contributed by atoms with Crippen molar-refractivity contribution in [2.24, 2.45) is 0 Å². The Bertz CT molecular complexity index is 740. The molecular formula is C17H20ClNO2S. The van der Waals surface area contributed by atoms with Gasteiger partial charge in [0, 0.05) is 5.02 Å². The van der Waals surface area contributed by atoms with Gasteiger partial charge in [-0.15, -0.1) is 0 Å². The highest BCUT2D eigenvalue weighted by atomic mass is 35.5. The maximum atomic E-state index is 12.4. The average Bonchev–Trinajstić information content (AvgIpc) is 2.49. The minimum atomic E-state index is -3.60. The molecule has 5 heteroatoms. The lowest BCUT2D eigenvalue weighted by molar-refractivity contribution is 0.601. The van der Waals surface area contributed by atoms with Gasteiger partial charge in [0.25, 0.3) is 10.0 Å². The summed E-state index contributed by atoms with van der Waals surface area (Å²) in [6.45, 7) is 3.97. The molecule has 0 amide bonds. The van der Waals surface area contributed by atoms with Crippen molar-refractivity contribution in [3.05, 3.63) is 58.6 Å². The Labute approximate surface area is 137 Å². The molecule has 2 aromatic rings. The molecule has 0 fully saturated rings. The molecule has 2 aromatic carbocycles. The van der Waals surface area contributed by atoms with Gasteiger partial charge in [-0.25, -0.2) is 8.42 Å². The second-order valence-electron chi connectivity index (χ2n) is 5.31. The summed E-state index contributed by atoms with van der Waals surface area (Å²) in [6.07, 6.45) is 3.19. The van der Waals surface area contributed by atoms with E-state index in [1.165, 1.54) is 0 Å². The predicted octanol–water partition coefficient (Wildman–Crippen LogP) is 4.79. The Balaban J connectivity index is 2.21. The lowest BCUT2D eigenvalue weighted by atomic mass is 10.1. The van der Waals surface area contributed by atoms with E-state index in [2.05, 4.69) is 11.6 Å². The zero-order valence-corrected chi connectivity index (χ0v) is 14.3. The van der Waals surface area contributed by atoms with Crippen molar-refractivity contribution in [3.8, 4) is 0 Å². The highest BCUT2D eigenvalue weighted by Crippen LogP contribution is 2.23. The molecule has 0 aliphatic heterocycles. The number of nitrogens with one attached hydrogen (secondary N) is 1. The van der Waals surface area contributed by atoms with Crippen molar-refractivity contribution in [2.45, 2.75) is 38.0 Å². The third kappa shape index (κ3) is 4.24. The molecule has 0 aromatic heterocycles. The lowest BCUT2D eigenvalue weighted by Crippen LogP contribution is -2.13. The molecule has 0 aliphatic rings. The molecule has 3 nitrogen and oxygen atoms in total. The number of halogens is 1. The zero-order chi connectivity index (χ0) is 16.2. The molecule has 0 atom stereocenters. The summed E-state index contributed by atoms with van der Waals surface area (Å²) in [6, 6.07) is 12.2. The monoisotopic (exact) mass is 337 g/mol. The van der Waals surface area contributed by atoms with Gasteiger partial charge in [0.1, 0.15) is 0 Å². The Hall–Kier alpha value is -1.52. The summed E-state index contributed by atoms with van der Waals surface area (Å²) in [5.74, 6) is 0. The summed E-state index contributed by atoms with van der Waals surface area (Å²) in [5.41, 5.74) is 2.48. The Morgan fingerprint density at radius 2 is 1.77 bits per heavy atom. The number of rotatable bonds is 6. The Morgan fingerprint density at radius 3 is 2.41 bits per heavy atom. The second kappa shape index (κ2) is 7.16. The normalized spacial score (nSPS) is 11.4. The van der Waals surface area contributed by atoms with Crippen molar-refractivity contribution in [1.82, 2.24) is 0 Å².